The van der Waals surface area contributed by atoms with Crippen LogP contribution in [-0.4, -0.2) is 14.6 Å². The fourth-order valence-corrected chi connectivity index (χ4v) is 3.59. The van der Waals surface area contributed by atoms with E-state index in [9.17, 15) is 4.39 Å². The van der Waals surface area contributed by atoms with Crippen molar-refractivity contribution in [1.29, 1.82) is 0 Å². The van der Waals surface area contributed by atoms with Gasteiger partial charge in [-0.15, -0.1) is 21.5 Å². The van der Waals surface area contributed by atoms with Crippen LogP contribution in [0.1, 0.15) is 10.7 Å². The van der Waals surface area contributed by atoms with Crippen LogP contribution >= 0.6 is 11.3 Å². The van der Waals surface area contributed by atoms with E-state index in [4.69, 9.17) is 0 Å². The smallest absolute Gasteiger partial charge is 0.160 e. The molecule has 0 aliphatic rings. The van der Waals surface area contributed by atoms with E-state index in [0.717, 1.165) is 21.2 Å². The van der Waals surface area contributed by atoms with Crippen molar-refractivity contribution in [3.05, 3.63) is 77.3 Å². The van der Waals surface area contributed by atoms with Crippen molar-refractivity contribution in [3.63, 3.8) is 0 Å². The van der Waals surface area contributed by atoms with Crippen LogP contribution in [0, 0.1) is 5.82 Å². The van der Waals surface area contributed by atoms with Crippen molar-refractivity contribution >= 4 is 17.0 Å². The zero-order valence-corrected chi connectivity index (χ0v) is 13.6. The largest absolute Gasteiger partial charge is 0.305 e. The number of halogens is 1. The molecule has 1 N–H and O–H groups in total. The van der Waals surface area contributed by atoms with Crippen molar-refractivity contribution in [2.24, 2.45) is 0 Å². The van der Waals surface area contributed by atoms with E-state index in [1.165, 1.54) is 6.07 Å². The van der Waals surface area contributed by atoms with Crippen LogP contribution in [0.25, 0.3) is 16.1 Å². The first kappa shape index (κ1) is 15.0. The first-order valence-electron chi connectivity index (χ1n) is 7.64. The van der Waals surface area contributed by atoms with Crippen LogP contribution in [0.2, 0.25) is 0 Å². The summed E-state index contributed by atoms with van der Waals surface area (Å²) in [6.07, 6.45) is 1.95. The minimum Gasteiger partial charge on any atom is -0.305 e. The van der Waals surface area contributed by atoms with Crippen LogP contribution in [0.5, 0.6) is 0 Å². The van der Waals surface area contributed by atoms with Crippen molar-refractivity contribution in [3.8, 4) is 10.4 Å². The lowest BCUT2D eigenvalue weighted by atomic mass is 10.2. The van der Waals surface area contributed by atoms with E-state index in [2.05, 4.69) is 15.5 Å². The number of benzene rings is 1. The van der Waals surface area contributed by atoms with Gasteiger partial charge >= 0.3 is 0 Å². The van der Waals surface area contributed by atoms with E-state index >= 15 is 0 Å². The van der Waals surface area contributed by atoms with Crippen molar-refractivity contribution in [1.82, 2.24) is 19.9 Å². The SMILES string of the molecule is Fc1ccccc1-c1ccc(CNCc2nnc3ccccn23)s1. The number of fused-ring (bicyclic) bond motifs is 1. The highest BCUT2D eigenvalue weighted by molar-refractivity contribution is 7.15. The molecule has 0 radical (unpaired) electrons. The zero-order valence-electron chi connectivity index (χ0n) is 12.8. The number of pyridine rings is 1. The summed E-state index contributed by atoms with van der Waals surface area (Å²) < 4.78 is 15.8. The maximum absolute atomic E-state index is 13.8. The third kappa shape index (κ3) is 2.93. The van der Waals surface area contributed by atoms with Crippen LogP contribution < -0.4 is 5.32 Å². The molecule has 0 bridgehead atoms. The Morgan fingerprint density at radius 2 is 1.83 bits per heavy atom. The number of thiophene rings is 1. The van der Waals surface area contributed by atoms with E-state index < -0.39 is 0 Å². The highest BCUT2D eigenvalue weighted by atomic mass is 32.1. The molecule has 4 nitrogen and oxygen atoms in total. The number of hydrogen-bond donors (Lipinski definition) is 1. The second-order valence-electron chi connectivity index (χ2n) is 5.39. The van der Waals surface area contributed by atoms with E-state index in [-0.39, 0.29) is 5.82 Å². The maximum atomic E-state index is 13.8. The molecule has 4 aromatic rings. The van der Waals surface area contributed by atoms with Gasteiger partial charge in [-0.25, -0.2) is 4.39 Å². The zero-order chi connectivity index (χ0) is 16.4. The van der Waals surface area contributed by atoms with Gasteiger partial charge in [0.05, 0.1) is 6.54 Å². The molecule has 0 unspecified atom stereocenters. The summed E-state index contributed by atoms with van der Waals surface area (Å²) in [6.45, 7) is 1.33. The van der Waals surface area contributed by atoms with Gasteiger partial charge in [-0.05, 0) is 30.3 Å². The first-order chi connectivity index (χ1) is 11.8. The summed E-state index contributed by atoms with van der Waals surface area (Å²) in [7, 11) is 0. The Balaban J connectivity index is 1.43. The van der Waals surface area contributed by atoms with E-state index in [1.807, 2.05) is 47.0 Å². The average Bonchev–Trinajstić information content (AvgIpc) is 3.23. The highest BCUT2D eigenvalue weighted by Crippen LogP contribution is 2.29. The van der Waals surface area contributed by atoms with Gasteiger partial charge in [-0.1, -0.05) is 24.3 Å². The van der Waals surface area contributed by atoms with Gasteiger partial charge < -0.3 is 5.32 Å². The average molecular weight is 338 g/mol. The number of aromatic nitrogens is 3. The molecule has 0 saturated heterocycles. The van der Waals surface area contributed by atoms with E-state index in [0.29, 0.717) is 18.7 Å². The Bertz CT molecular complexity index is 976. The van der Waals surface area contributed by atoms with Crippen LogP contribution in [0.15, 0.2) is 60.8 Å². The Kier molecular flexibility index (Phi) is 4.06. The van der Waals surface area contributed by atoms with Crippen molar-refractivity contribution in [2.45, 2.75) is 13.1 Å². The molecule has 0 saturated carbocycles. The molecule has 0 aliphatic carbocycles. The predicted octanol–water partition coefficient (Wildman–Crippen LogP) is 3.89. The molecule has 0 amide bonds. The van der Waals surface area contributed by atoms with Crippen LogP contribution in [-0.2, 0) is 13.1 Å². The summed E-state index contributed by atoms with van der Waals surface area (Å²) in [5, 5.41) is 11.7. The Labute approximate surface area is 142 Å². The van der Waals surface area contributed by atoms with Gasteiger partial charge in [-0.3, -0.25) is 4.40 Å². The summed E-state index contributed by atoms with van der Waals surface area (Å²) in [4.78, 5) is 2.10. The Hall–Kier alpha value is -2.57. The number of rotatable bonds is 5. The molecule has 3 heterocycles. The molecular formula is C18H15FN4S. The summed E-state index contributed by atoms with van der Waals surface area (Å²) >= 11 is 1.60. The minimum atomic E-state index is -0.186. The molecule has 4 rings (SSSR count). The fraction of sp³-hybridized carbons (Fsp3) is 0.111. The van der Waals surface area contributed by atoms with Gasteiger partial charge in [0.15, 0.2) is 11.5 Å². The lowest BCUT2D eigenvalue weighted by Crippen LogP contribution is -2.14. The molecule has 1 aromatic carbocycles. The first-order valence-corrected chi connectivity index (χ1v) is 8.46. The van der Waals surface area contributed by atoms with Crippen LogP contribution in [0.4, 0.5) is 4.39 Å². The normalized spacial score (nSPS) is 11.2. The quantitative estimate of drug-likeness (QED) is 0.600. The van der Waals surface area contributed by atoms with Crippen LogP contribution in [0.3, 0.4) is 0 Å². The topological polar surface area (TPSA) is 42.2 Å². The fourth-order valence-electron chi connectivity index (χ4n) is 2.59. The number of hydrogen-bond acceptors (Lipinski definition) is 4. The summed E-state index contributed by atoms with van der Waals surface area (Å²) in [6, 6.07) is 16.7. The van der Waals surface area contributed by atoms with Gasteiger partial charge in [-0.2, -0.15) is 0 Å². The predicted molar refractivity (Wildman–Crippen MR) is 93.2 cm³/mol. The monoisotopic (exact) mass is 338 g/mol. The van der Waals surface area contributed by atoms with Gasteiger partial charge in [0.1, 0.15) is 5.82 Å². The van der Waals surface area contributed by atoms with Gasteiger partial charge in [0.25, 0.3) is 0 Å². The number of nitrogens with zero attached hydrogens (tertiary/aromatic N) is 3. The summed E-state index contributed by atoms with van der Waals surface area (Å²) in [5.74, 6) is 0.685. The second-order valence-corrected chi connectivity index (χ2v) is 6.56. The molecule has 6 heteroatoms. The third-order valence-corrected chi connectivity index (χ3v) is 4.89. The van der Waals surface area contributed by atoms with E-state index in [1.54, 1.807) is 23.5 Å². The maximum Gasteiger partial charge on any atom is 0.160 e. The lowest BCUT2D eigenvalue weighted by Gasteiger charge is -2.02. The van der Waals surface area contributed by atoms with Gasteiger partial charge in [0, 0.05) is 28.1 Å². The van der Waals surface area contributed by atoms with Gasteiger partial charge in [0.2, 0.25) is 0 Å². The highest BCUT2D eigenvalue weighted by Gasteiger charge is 2.08. The molecule has 24 heavy (non-hydrogen) atoms. The Morgan fingerprint density at radius 1 is 0.958 bits per heavy atom. The molecule has 3 aromatic heterocycles. The molecular weight excluding hydrogens is 323 g/mol. The minimum absolute atomic E-state index is 0.186. The lowest BCUT2D eigenvalue weighted by molar-refractivity contribution is 0.631. The third-order valence-electron chi connectivity index (χ3n) is 3.77. The molecule has 0 spiro atoms. The summed E-state index contributed by atoms with van der Waals surface area (Å²) in [5.41, 5.74) is 1.49. The molecule has 0 aliphatic heterocycles. The number of nitrogens with one attached hydrogen (secondary N) is 1. The molecule has 0 atom stereocenters. The standard InChI is InChI=1S/C18H15FN4S/c19-15-6-2-1-5-14(15)16-9-8-13(24-16)11-20-12-18-22-21-17-7-3-4-10-23(17)18/h1-10,20H,11-12H2. The van der Waals surface area contributed by atoms with Crippen molar-refractivity contribution in [2.75, 3.05) is 0 Å². The molecule has 0 fully saturated rings. The second kappa shape index (κ2) is 6.51. The Morgan fingerprint density at radius 3 is 2.75 bits per heavy atom. The van der Waals surface area contributed by atoms with Crippen molar-refractivity contribution < 1.29 is 4.39 Å². The molecule has 120 valence electrons.